The minimum Gasteiger partial charge on any atom is -0.337 e. The Hall–Kier alpha value is -2.21. The number of halogens is 1. The lowest BCUT2D eigenvalue weighted by molar-refractivity contribution is 0.0763. The maximum atomic E-state index is 13.2. The normalized spacial score (nSPS) is 23.3. The van der Waals surface area contributed by atoms with Crippen molar-refractivity contribution in [2.24, 2.45) is 11.8 Å². The van der Waals surface area contributed by atoms with E-state index in [2.05, 4.69) is 48.1 Å². The van der Waals surface area contributed by atoms with E-state index in [0.29, 0.717) is 23.6 Å². The van der Waals surface area contributed by atoms with Gasteiger partial charge < -0.3 is 4.90 Å². The number of hydrogen-bond donors (Lipinski definition) is 0. The number of carbonyl (C=O) groups is 1. The largest absolute Gasteiger partial charge is 0.337 e. The Balaban J connectivity index is 0.00000218. The maximum Gasteiger partial charge on any atom is 0.273 e. The van der Waals surface area contributed by atoms with Gasteiger partial charge in [0.2, 0.25) is 0 Å². The Bertz CT molecular complexity index is 1040. The van der Waals surface area contributed by atoms with E-state index < -0.39 is 0 Å². The van der Waals surface area contributed by atoms with Gasteiger partial charge in [0.25, 0.3) is 5.91 Å². The second-order valence-electron chi connectivity index (χ2n) is 8.28. The molecule has 6 heteroatoms. The number of aryl methyl sites for hydroxylation is 1. The monoisotopic (exact) mass is 439 g/mol. The van der Waals surface area contributed by atoms with Gasteiger partial charge in [0.1, 0.15) is 10.7 Å². The van der Waals surface area contributed by atoms with Gasteiger partial charge in [0.05, 0.1) is 0 Å². The summed E-state index contributed by atoms with van der Waals surface area (Å²) in [6.07, 6.45) is 0. The van der Waals surface area contributed by atoms with E-state index in [4.69, 9.17) is 0 Å². The highest BCUT2D eigenvalue weighted by atomic mass is 35.5. The molecule has 156 valence electrons. The van der Waals surface area contributed by atoms with Crippen LogP contribution in [-0.2, 0) is 0 Å². The zero-order chi connectivity index (χ0) is 20.0. The molecule has 0 aliphatic carbocycles. The lowest BCUT2D eigenvalue weighted by Gasteiger charge is -2.27. The number of likely N-dealkylation sites (tertiary alicyclic amines) is 2. The Morgan fingerprint density at radius 1 is 1.03 bits per heavy atom. The van der Waals surface area contributed by atoms with Crippen LogP contribution in [0, 0.1) is 18.8 Å². The van der Waals surface area contributed by atoms with Crippen molar-refractivity contribution < 1.29 is 4.79 Å². The van der Waals surface area contributed by atoms with Crippen LogP contribution >= 0.6 is 23.7 Å². The third-order valence-electron chi connectivity index (χ3n) is 6.43. The number of rotatable bonds is 3. The molecule has 5 rings (SSSR count). The average Bonchev–Trinajstić information content (AvgIpc) is 3.44. The summed E-state index contributed by atoms with van der Waals surface area (Å²) in [5, 5.41) is 2.81. The maximum absolute atomic E-state index is 13.2. The summed E-state index contributed by atoms with van der Waals surface area (Å²) in [6.45, 7) is 4.87. The molecule has 2 saturated heterocycles. The Morgan fingerprint density at radius 2 is 1.77 bits per heavy atom. The predicted molar refractivity (Wildman–Crippen MR) is 124 cm³/mol. The number of aromatic nitrogens is 1. The van der Waals surface area contributed by atoms with Crippen LogP contribution in [0.1, 0.15) is 27.7 Å². The summed E-state index contributed by atoms with van der Waals surface area (Å²) in [5.41, 5.74) is 4.38. The van der Waals surface area contributed by atoms with Crippen LogP contribution in [0.3, 0.4) is 0 Å². The Labute approximate surface area is 188 Å². The van der Waals surface area contributed by atoms with E-state index in [1.54, 1.807) is 11.3 Å². The minimum absolute atomic E-state index is 0. The van der Waals surface area contributed by atoms with Crippen molar-refractivity contribution in [1.29, 1.82) is 0 Å². The van der Waals surface area contributed by atoms with Gasteiger partial charge in [0, 0.05) is 42.5 Å². The van der Waals surface area contributed by atoms with Crippen LogP contribution in [0.5, 0.6) is 0 Å². The van der Waals surface area contributed by atoms with Crippen molar-refractivity contribution in [3.8, 4) is 10.6 Å². The highest BCUT2D eigenvalue weighted by Crippen LogP contribution is 2.45. The lowest BCUT2D eigenvalue weighted by Crippen LogP contribution is -2.33. The van der Waals surface area contributed by atoms with Gasteiger partial charge in [-0.15, -0.1) is 23.7 Å². The molecule has 1 aromatic heterocycles. The third kappa shape index (κ3) is 3.66. The molecule has 3 heterocycles. The molecule has 0 bridgehead atoms. The molecule has 3 atom stereocenters. The van der Waals surface area contributed by atoms with Gasteiger partial charge in [-0.05, 0) is 31.0 Å². The molecule has 1 amide bonds. The molecule has 4 nitrogen and oxygen atoms in total. The van der Waals surface area contributed by atoms with Crippen LogP contribution in [0.25, 0.3) is 10.6 Å². The molecule has 3 aromatic rings. The number of benzene rings is 2. The van der Waals surface area contributed by atoms with E-state index in [1.165, 1.54) is 11.1 Å². The van der Waals surface area contributed by atoms with Crippen LogP contribution in [0.2, 0.25) is 0 Å². The average molecular weight is 440 g/mol. The standard InChI is InChI=1S/C24H25N3OS.ClH/c1-16-8-6-7-11-19(16)22-20-14-27(13-18(20)12-26(22)2)24(28)21-15-29-23(25-21)17-9-4-3-5-10-17;/h3-11,15,18,20,22H,12-14H2,1-2H3;1H/t18-,20+,22-;/m0./s1. The van der Waals surface area contributed by atoms with Gasteiger partial charge in [-0.2, -0.15) is 0 Å². The number of thiazole rings is 1. The van der Waals surface area contributed by atoms with Crippen molar-refractivity contribution in [2.75, 3.05) is 26.7 Å². The summed E-state index contributed by atoms with van der Waals surface area (Å²) in [4.78, 5) is 22.3. The minimum atomic E-state index is 0. The first-order valence-corrected chi connectivity index (χ1v) is 11.1. The predicted octanol–water partition coefficient (Wildman–Crippen LogP) is 4.92. The second-order valence-corrected chi connectivity index (χ2v) is 9.14. The first-order chi connectivity index (χ1) is 14.1. The van der Waals surface area contributed by atoms with Crippen LogP contribution < -0.4 is 0 Å². The fraction of sp³-hybridized carbons (Fsp3) is 0.333. The van der Waals surface area contributed by atoms with Crippen LogP contribution in [0.15, 0.2) is 60.0 Å². The molecule has 30 heavy (non-hydrogen) atoms. The summed E-state index contributed by atoms with van der Waals surface area (Å²) in [6, 6.07) is 19.1. The van der Waals surface area contributed by atoms with E-state index in [9.17, 15) is 4.79 Å². The molecular formula is C24H26ClN3OS. The first kappa shape index (κ1) is 21.0. The summed E-state index contributed by atoms with van der Waals surface area (Å²) in [7, 11) is 2.22. The van der Waals surface area contributed by atoms with Crippen molar-refractivity contribution in [3.63, 3.8) is 0 Å². The topological polar surface area (TPSA) is 36.4 Å². The quantitative estimate of drug-likeness (QED) is 0.581. The van der Waals surface area contributed by atoms with Gasteiger partial charge >= 0.3 is 0 Å². The summed E-state index contributed by atoms with van der Waals surface area (Å²) >= 11 is 1.54. The van der Waals surface area contributed by atoms with Crippen molar-refractivity contribution in [1.82, 2.24) is 14.8 Å². The molecule has 0 radical (unpaired) electrons. The zero-order valence-corrected chi connectivity index (χ0v) is 18.8. The number of amides is 1. The van der Waals surface area contributed by atoms with E-state index in [-0.39, 0.29) is 18.3 Å². The molecule has 0 N–H and O–H groups in total. The fourth-order valence-corrected chi connectivity index (χ4v) is 5.86. The zero-order valence-electron chi connectivity index (χ0n) is 17.2. The van der Waals surface area contributed by atoms with Crippen molar-refractivity contribution in [2.45, 2.75) is 13.0 Å². The SMILES string of the molecule is Cc1ccccc1[C@H]1[C@@H]2CN(C(=O)c3csc(-c4ccccc4)n3)C[C@@H]2CN1C.Cl. The smallest absolute Gasteiger partial charge is 0.273 e. The molecule has 0 saturated carbocycles. The lowest BCUT2D eigenvalue weighted by atomic mass is 9.88. The second kappa shape index (κ2) is 8.50. The van der Waals surface area contributed by atoms with Crippen LogP contribution in [-0.4, -0.2) is 47.4 Å². The Morgan fingerprint density at radius 3 is 2.53 bits per heavy atom. The van der Waals surface area contributed by atoms with Gasteiger partial charge in [-0.25, -0.2) is 4.98 Å². The molecule has 0 unspecified atom stereocenters. The number of carbonyl (C=O) groups excluding carboxylic acids is 1. The third-order valence-corrected chi connectivity index (χ3v) is 7.32. The highest BCUT2D eigenvalue weighted by Gasteiger charge is 2.47. The fourth-order valence-electron chi connectivity index (χ4n) is 5.06. The first-order valence-electron chi connectivity index (χ1n) is 10.2. The van der Waals surface area contributed by atoms with Gasteiger partial charge in [-0.1, -0.05) is 54.6 Å². The van der Waals surface area contributed by atoms with Crippen molar-refractivity contribution in [3.05, 3.63) is 76.8 Å². The number of nitrogens with zero attached hydrogens (tertiary/aromatic N) is 3. The van der Waals surface area contributed by atoms with E-state index >= 15 is 0 Å². The van der Waals surface area contributed by atoms with E-state index in [0.717, 1.165) is 30.2 Å². The molecule has 2 aromatic carbocycles. The summed E-state index contributed by atoms with van der Waals surface area (Å²) < 4.78 is 0. The highest BCUT2D eigenvalue weighted by molar-refractivity contribution is 7.13. The molecule has 2 aliphatic heterocycles. The molecule has 0 spiro atoms. The number of fused-ring (bicyclic) bond motifs is 1. The number of hydrogen-bond acceptors (Lipinski definition) is 4. The van der Waals surface area contributed by atoms with Gasteiger partial charge in [0.15, 0.2) is 0 Å². The Kier molecular flexibility index (Phi) is 5.96. The molecule has 2 aliphatic rings. The summed E-state index contributed by atoms with van der Waals surface area (Å²) in [5.74, 6) is 1.09. The van der Waals surface area contributed by atoms with E-state index in [1.807, 2.05) is 40.6 Å². The van der Waals surface area contributed by atoms with Crippen molar-refractivity contribution >= 4 is 29.7 Å². The van der Waals surface area contributed by atoms with Gasteiger partial charge in [-0.3, -0.25) is 9.69 Å². The van der Waals surface area contributed by atoms with Crippen LogP contribution in [0.4, 0.5) is 0 Å². The molecular weight excluding hydrogens is 414 g/mol. The molecule has 2 fully saturated rings.